The van der Waals surface area contributed by atoms with Crippen LogP contribution >= 0.6 is 0 Å². The van der Waals surface area contributed by atoms with Crippen LogP contribution < -0.4 is 20.1 Å². The SMILES string of the molecule is C=CC(=O)OCCCCOc1ccc(C#Cc2ccc(NC(=O)C(=O)Nc3ccc(C#Cc4ccc(OCCCCOC(=O)C=C)cn4)cc3C(F)(F)F)c(C)c2)nc1. The van der Waals surface area contributed by atoms with E-state index in [0.29, 0.717) is 67.2 Å². The van der Waals surface area contributed by atoms with Crippen molar-refractivity contribution in [2.75, 3.05) is 37.1 Å². The van der Waals surface area contributed by atoms with Crippen molar-refractivity contribution in [2.24, 2.45) is 0 Å². The van der Waals surface area contributed by atoms with E-state index in [1.165, 1.54) is 24.5 Å². The number of hydrogen-bond acceptors (Lipinski definition) is 10. The topological polar surface area (TPSA) is 155 Å². The summed E-state index contributed by atoms with van der Waals surface area (Å²) in [5, 5.41) is 4.47. The predicted molar refractivity (Wildman–Crippen MR) is 212 cm³/mol. The Morgan fingerprint density at radius 1 is 0.644 bits per heavy atom. The lowest BCUT2D eigenvalue weighted by atomic mass is 10.1. The Hall–Kier alpha value is -7.39. The molecule has 2 N–H and O–H groups in total. The van der Waals surface area contributed by atoms with E-state index in [-0.39, 0.29) is 30.2 Å². The van der Waals surface area contributed by atoms with Crippen LogP contribution in [0.1, 0.15) is 59.3 Å². The summed E-state index contributed by atoms with van der Waals surface area (Å²) in [6.45, 7) is 9.61. The van der Waals surface area contributed by atoms with Crippen molar-refractivity contribution >= 4 is 35.1 Å². The maximum atomic E-state index is 14.1. The Bertz CT molecular complexity index is 2270. The largest absolute Gasteiger partial charge is 0.492 e. The molecule has 2 aromatic carbocycles. The molecule has 15 heteroatoms. The zero-order valence-corrected chi connectivity index (χ0v) is 31.9. The number of nitrogens with one attached hydrogen (secondary N) is 2. The van der Waals surface area contributed by atoms with Gasteiger partial charge in [-0.05, 0) is 111 Å². The predicted octanol–water partition coefficient (Wildman–Crippen LogP) is 6.96. The number of carbonyl (C=O) groups is 4. The molecule has 0 spiro atoms. The molecule has 0 atom stereocenters. The number of nitrogens with zero attached hydrogens (tertiary/aromatic N) is 2. The molecule has 0 fully saturated rings. The number of unbranched alkanes of at least 4 members (excludes halogenated alkanes) is 2. The number of aryl methyl sites for hydroxylation is 1. The summed E-state index contributed by atoms with van der Waals surface area (Å²) in [7, 11) is 0. The first kappa shape index (κ1) is 44.3. The number of hydrogen-bond donors (Lipinski definition) is 2. The van der Waals surface area contributed by atoms with Crippen LogP contribution in [-0.2, 0) is 34.8 Å². The van der Waals surface area contributed by atoms with Gasteiger partial charge in [0.1, 0.15) is 22.9 Å². The summed E-state index contributed by atoms with van der Waals surface area (Å²) in [5.74, 6) is 8.77. The van der Waals surface area contributed by atoms with Gasteiger partial charge in [-0.1, -0.05) is 25.0 Å². The van der Waals surface area contributed by atoms with Gasteiger partial charge in [-0.25, -0.2) is 19.6 Å². The molecule has 0 aliphatic rings. The van der Waals surface area contributed by atoms with Gasteiger partial charge in [-0.2, -0.15) is 13.2 Å². The van der Waals surface area contributed by atoms with E-state index in [9.17, 15) is 32.3 Å². The summed E-state index contributed by atoms with van der Waals surface area (Å²) < 4.78 is 63.2. The van der Waals surface area contributed by atoms with Crippen LogP contribution in [-0.4, -0.2) is 60.1 Å². The molecule has 0 saturated carbocycles. The fourth-order valence-corrected chi connectivity index (χ4v) is 4.81. The Morgan fingerprint density at radius 2 is 1.10 bits per heavy atom. The van der Waals surface area contributed by atoms with E-state index in [2.05, 4.69) is 52.1 Å². The summed E-state index contributed by atoms with van der Waals surface area (Å²) >= 11 is 0. The van der Waals surface area contributed by atoms with Gasteiger partial charge in [-0.15, -0.1) is 0 Å². The summed E-state index contributed by atoms with van der Waals surface area (Å²) in [5.41, 5.74) is 0.308. The molecule has 12 nitrogen and oxygen atoms in total. The molecule has 0 unspecified atom stereocenters. The standard InChI is InChI=1S/C44H39F3N4O8/c1-4-40(52)58-24-8-6-22-56-35-18-16-33(48-28-35)14-10-31-12-20-38(30(3)26-31)50-42(54)43(55)51-39-21-13-32(27-37(39)44(45,46)47)11-15-34-17-19-36(29-49-34)57-23-7-9-25-59-41(53)5-2/h4-5,12-13,16-21,26-29H,1-2,6-9,22-25H2,3H3,(H,50,54)(H,51,55). The average Bonchev–Trinajstić information content (AvgIpc) is 3.23. The zero-order chi connectivity index (χ0) is 42.6. The third-order valence-corrected chi connectivity index (χ3v) is 7.83. The molecule has 0 bridgehead atoms. The molecule has 0 saturated heterocycles. The fourth-order valence-electron chi connectivity index (χ4n) is 4.81. The quantitative estimate of drug-likeness (QED) is 0.0399. The molecule has 4 aromatic rings. The lowest BCUT2D eigenvalue weighted by molar-refractivity contribution is -0.138. The number of amides is 2. The molecular formula is C44H39F3N4O8. The Kier molecular flexibility index (Phi) is 16.8. The van der Waals surface area contributed by atoms with E-state index >= 15 is 0 Å². The summed E-state index contributed by atoms with van der Waals surface area (Å²) in [4.78, 5) is 56.0. The first-order valence-electron chi connectivity index (χ1n) is 18.1. The smallest absolute Gasteiger partial charge is 0.418 e. The van der Waals surface area contributed by atoms with Crippen LogP contribution in [0, 0.1) is 30.6 Å². The van der Waals surface area contributed by atoms with Crippen LogP contribution in [0.2, 0.25) is 0 Å². The molecule has 59 heavy (non-hydrogen) atoms. The van der Waals surface area contributed by atoms with Crippen LogP contribution in [0.3, 0.4) is 0 Å². The van der Waals surface area contributed by atoms with Crippen LogP contribution in [0.4, 0.5) is 24.5 Å². The number of pyridine rings is 2. The van der Waals surface area contributed by atoms with Crippen molar-refractivity contribution in [3.63, 3.8) is 0 Å². The molecule has 2 aromatic heterocycles. The van der Waals surface area contributed by atoms with E-state index in [1.54, 1.807) is 43.3 Å². The Balaban J connectivity index is 1.29. The van der Waals surface area contributed by atoms with Gasteiger partial charge in [0.25, 0.3) is 0 Å². The number of benzene rings is 2. The zero-order valence-electron chi connectivity index (χ0n) is 31.9. The van der Waals surface area contributed by atoms with E-state index in [0.717, 1.165) is 24.3 Å². The van der Waals surface area contributed by atoms with Crippen molar-refractivity contribution in [1.29, 1.82) is 0 Å². The van der Waals surface area contributed by atoms with Crippen molar-refractivity contribution in [3.05, 3.63) is 132 Å². The Morgan fingerprint density at radius 3 is 1.54 bits per heavy atom. The Labute approximate surface area is 338 Å². The maximum Gasteiger partial charge on any atom is 0.418 e. The molecule has 0 aliphatic carbocycles. The molecule has 0 aliphatic heterocycles. The third-order valence-electron chi connectivity index (χ3n) is 7.83. The van der Waals surface area contributed by atoms with Gasteiger partial charge in [0.2, 0.25) is 0 Å². The molecule has 0 radical (unpaired) electrons. The maximum absolute atomic E-state index is 14.1. The number of halogens is 3. The van der Waals surface area contributed by atoms with Crippen molar-refractivity contribution in [2.45, 2.75) is 38.8 Å². The first-order valence-corrected chi connectivity index (χ1v) is 18.1. The molecule has 2 amide bonds. The van der Waals surface area contributed by atoms with Crippen molar-refractivity contribution in [1.82, 2.24) is 9.97 Å². The van der Waals surface area contributed by atoms with Crippen LogP contribution in [0.15, 0.2) is 98.4 Å². The van der Waals surface area contributed by atoms with Crippen molar-refractivity contribution < 1.29 is 51.3 Å². The second-order valence-electron chi connectivity index (χ2n) is 12.3. The van der Waals surface area contributed by atoms with Crippen molar-refractivity contribution in [3.8, 4) is 35.2 Å². The van der Waals surface area contributed by atoms with Crippen LogP contribution in [0.25, 0.3) is 0 Å². The second-order valence-corrected chi connectivity index (χ2v) is 12.3. The summed E-state index contributed by atoms with van der Waals surface area (Å²) in [6.07, 6.45) is 2.79. The highest BCUT2D eigenvalue weighted by atomic mass is 19.4. The molecular weight excluding hydrogens is 769 g/mol. The number of anilines is 2. The van der Waals surface area contributed by atoms with E-state index in [1.807, 2.05) is 5.32 Å². The number of aromatic nitrogens is 2. The van der Waals surface area contributed by atoms with Gasteiger partial charge in [0.05, 0.1) is 50.1 Å². The van der Waals surface area contributed by atoms with E-state index in [4.69, 9.17) is 18.9 Å². The fraction of sp³-hybridized carbons (Fsp3) is 0.227. The number of esters is 2. The van der Waals surface area contributed by atoms with Gasteiger partial charge in [0.15, 0.2) is 0 Å². The summed E-state index contributed by atoms with van der Waals surface area (Å²) in [6, 6.07) is 14.4. The molecule has 4 rings (SSSR count). The number of ether oxygens (including phenoxy) is 4. The number of carbonyl (C=O) groups excluding carboxylic acids is 4. The minimum Gasteiger partial charge on any atom is -0.492 e. The first-order chi connectivity index (χ1) is 28.3. The monoisotopic (exact) mass is 808 g/mol. The molecule has 2 heterocycles. The normalized spacial score (nSPS) is 10.4. The van der Waals surface area contributed by atoms with E-state index < -0.39 is 41.2 Å². The third kappa shape index (κ3) is 15.2. The molecule has 304 valence electrons. The van der Waals surface area contributed by atoms with Gasteiger partial charge >= 0.3 is 29.9 Å². The highest BCUT2D eigenvalue weighted by Gasteiger charge is 2.34. The highest BCUT2D eigenvalue weighted by Crippen LogP contribution is 2.35. The van der Waals surface area contributed by atoms with Gasteiger partial charge in [-0.3, -0.25) is 9.59 Å². The minimum atomic E-state index is -4.88. The van der Waals surface area contributed by atoms with Gasteiger partial charge < -0.3 is 29.6 Å². The second kappa shape index (κ2) is 22.4. The lowest BCUT2D eigenvalue weighted by Crippen LogP contribution is -2.30. The number of rotatable bonds is 16. The van der Waals surface area contributed by atoms with Crippen LogP contribution in [0.5, 0.6) is 11.5 Å². The lowest BCUT2D eigenvalue weighted by Gasteiger charge is -2.14. The minimum absolute atomic E-state index is 0.00588. The number of alkyl halides is 3. The average molecular weight is 809 g/mol. The van der Waals surface area contributed by atoms with Gasteiger partial charge in [0, 0.05) is 29.0 Å². The highest BCUT2D eigenvalue weighted by molar-refractivity contribution is 6.43.